The second-order valence-electron chi connectivity index (χ2n) is 6.11. The number of halogens is 3. The van der Waals surface area contributed by atoms with Crippen molar-refractivity contribution in [2.24, 2.45) is 0 Å². The number of ether oxygens (including phenoxy) is 2. The van der Waals surface area contributed by atoms with Gasteiger partial charge in [-0.05, 0) is 23.8 Å². The number of aromatic nitrogens is 1. The smallest absolute Gasteiger partial charge is 0.257 e. The van der Waals surface area contributed by atoms with Crippen molar-refractivity contribution in [2.45, 2.75) is 6.54 Å². The number of amides is 1. The molecule has 0 aliphatic carbocycles. The van der Waals surface area contributed by atoms with Crippen LogP contribution in [0.3, 0.4) is 0 Å². The average molecular weight is 423 g/mol. The Balaban J connectivity index is 1.89. The molecule has 0 radical (unpaired) electrons. The lowest BCUT2D eigenvalue weighted by Gasteiger charge is -2.10. The third kappa shape index (κ3) is 4.55. The number of H-pyrrole nitrogens is 1. The molecular formula is C20H17ClF2N2O4. The number of methoxy groups -OCH3 is 1. The van der Waals surface area contributed by atoms with Gasteiger partial charge in [-0.25, -0.2) is 4.39 Å². The van der Waals surface area contributed by atoms with Crippen LogP contribution in [0.25, 0.3) is 10.9 Å². The van der Waals surface area contributed by atoms with E-state index in [1.807, 2.05) is 0 Å². The molecule has 0 spiro atoms. The van der Waals surface area contributed by atoms with Crippen molar-refractivity contribution in [2.75, 3.05) is 20.3 Å². The summed E-state index contributed by atoms with van der Waals surface area (Å²) in [6.45, 7) is 0.288. The van der Waals surface area contributed by atoms with Gasteiger partial charge >= 0.3 is 0 Å². The number of carbonyl (C=O) groups excluding carboxylic acids is 1. The first-order chi connectivity index (χ1) is 13.9. The van der Waals surface area contributed by atoms with Crippen molar-refractivity contribution in [3.63, 3.8) is 0 Å². The SMILES string of the molecule is COCCOc1cc2c(=O)c(C(=O)NCc3ccc(Cl)cc3)c[nH]c2c(F)c1F. The van der Waals surface area contributed by atoms with Crippen LogP contribution in [0.5, 0.6) is 5.75 Å². The van der Waals surface area contributed by atoms with Crippen molar-refractivity contribution in [3.8, 4) is 5.75 Å². The van der Waals surface area contributed by atoms with E-state index < -0.39 is 28.7 Å². The van der Waals surface area contributed by atoms with Gasteiger partial charge in [-0.15, -0.1) is 0 Å². The standard InChI is InChI=1S/C20H17ClF2N2O4/c1-28-6-7-29-15-8-13-18(17(23)16(15)22)24-10-14(19(13)26)20(27)25-9-11-2-4-12(21)5-3-11/h2-5,8,10H,6-7,9H2,1H3,(H,24,26)(H,25,27). The van der Waals surface area contributed by atoms with Crippen LogP contribution in [0.2, 0.25) is 5.02 Å². The van der Waals surface area contributed by atoms with Gasteiger partial charge in [0.25, 0.3) is 5.91 Å². The Labute approximate surface area is 169 Å². The lowest BCUT2D eigenvalue weighted by atomic mass is 10.1. The lowest BCUT2D eigenvalue weighted by Crippen LogP contribution is -2.28. The third-order valence-corrected chi connectivity index (χ3v) is 4.43. The molecule has 0 bridgehead atoms. The molecule has 0 atom stereocenters. The highest BCUT2D eigenvalue weighted by atomic mass is 35.5. The van der Waals surface area contributed by atoms with E-state index in [2.05, 4.69) is 10.3 Å². The Morgan fingerprint density at radius 3 is 2.59 bits per heavy atom. The van der Waals surface area contributed by atoms with Gasteiger partial charge in [-0.1, -0.05) is 23.7 Å². The molecule has 0 aliphatic rings. The van der Waals surface area contributed by atoms with Gasteiger partial charge in [-0.2, -0.15) is 4.39 Å². The average Bonchev–Trinajstić information content (AvgIpc) is 2.71. The van der Waals surface area contributed by atoms with Crippen LogP contribution in [-0.2, 0) is 11.3 Å². The summed E-state index contributed by atoms with van der Waals surface area (Å²) in [6.07, 6.45) is 1.05. The van der Waals surface area contributed by atoms with E-state index in [4.69, 9.17) is 21.1 Å². The molecule has 6 nitrogen and oxygen atoms in total. The molecule has 9 heteroatoms. The first-order valence-electron chi connectivity index (χ1n) is 8.60. The number of pyridine rings is 1. The quantitative estimate of drug-likeness (QED) is 0.572. The number of rotatable bonds is 7. The second kappa shape index (κ2) is 9.02. The predicted octanol–water partition coefficient (Wildman–Crippen LogP) is 3.41. The highest BCUT2D eigenvalue weighted by molar-refractivity contribution is 6.30. The van der Waals surface area contributed by atoms with E-state index in [0.717, 1.165) is 17.8 Å². The highest BCUT2D eigenvalue weighted by Gasteiger charge is 2.20. The molecule has 152 valence electrons. The third-order valence-electron chi connectivity index (χ3n) is 4.18. The maximum absolute atomic E-state index is 14.3. The molecule has 2 aromatic carbocycles. The fraction of sp³-hybridized carbons (Fsp3) is 0.200. The first kappa shape index (κ1) is 20.8. The molecule has 0 aliphatic heterocycles. The summed E-state index contributed by atoms with van der Waals surface area (Å²) in [7, 11) is 1.43. The van der Waals surface area contributed by atoms with Gasteiger partial charge in [-0.3, -0.25) is 9.59 Å². The van der Waals surface area contributed by atoms with Crippen LogP contribution in [0.1, 0.15) is 15.9 Å². The van der Waals surface area contributed by atoms with E-state index in [9.17, 15) is 18.4 Å². The number of hydrogen-bond donors (Lipinski definition) is 2. The Hall–Kier alpha value is -2.97. The fourth-order valence-electron chi connectivity index (χ4n) is 2.67. The van der Waals surface area contributed by atoms with E-state index in [1.165, 1.54) is 7.11 Å². The molecule has 1 amide bonds. The van der Waals surface area contributed by atoms with Crippen LogP contribution in [-0.4, -0.2) is 31.2 Å². The summed E-state index contributed by atoms with van der Waals surface area (Å²) >= 11 is 5.82. The van der Waals surface area contributed by atoms with Crippen molar-refractivity contribution >= 4 is 28.4 Å². The van der Waals surface area contributed by atoms with Gasteiger partial charge in [0.2, 0.25) is 11.2 Å². The van der Waals surface area contributed by atoms with Crippen molar-refractivity contribution < 1.29 is 23.0 Å². The van der Waals surface area contributed by atoms with Gasteiger partial charge < -0.3 is 19.8 Å². The maximum Gasteiger partial charge on any atom is 0.257 e. The summed E-state index contributed by atoms with van der Waals surface area (Å²) in [6, 6.07) is 7.88. The fourth-order valence-corrected chi connectivity index (χ4v) is 2.79. The zero-order valence-corrected chi connectivity index (χ0v) is 16.1. The summed E-state index contributed by atoms with van der Waals surface area (Å²) in [5.74, 6) is -3.59. The van der Waals surface area contributed by atoms with Crippen molar-refractivity contribution in [1.29, 1.82) is 0 Å². The molecule has 2 N–H and O–H groups in total. The van der Waals surface area contributed by atoms with Gasteiger partial charge in [0, 0.05) is 24.9 Å². The van der Waals surface area contributed by atoms with E-state index in [1.54, 1.807) is 24.3 Å². The predicted molar refractivity (Wildman–Crippen MR) is 104 cm³/mol. The topological polar surface area (TPSA) is 80.4 Å². The van der Waals surface area contributed by atoms with Crippen LogP contribution < -0.4 is 15.5 Å². The number of hydrogen-bond acceptors (Lipinski definition) is 4. The minimum absolute atomic E-state index is 0.0302. The minimum Gasteiger partial charge on any atom is -0.488 e. The monoisotopic (exact) mass is 422 g/mol. The van der Waals surface area contributed by atoms with Gasteiger partial charge in [0.05, 0.1) is 17.5 Å². The summed E-state index contributed by atoms with van der Waals surface area (Å²) in [5.41, 5.74) is -0.550. The van der Waals surface area contributed by atoms with E-state index in [-0.39, 0.29) is 36.2 Å². The normalized spacial score (nSPS) is 10.9. The molecule has 3 aromatic rings. The minimum atomic E-state index is -1.26. The zero-order chi connectivity index (χ0) is 21.0. The zero-order valence-electron chi connectivity index (χ0n) is 15.4. The summed E-state index contributed by atoms with van der Waals surface area (Å²) in [4.78, 5) is 27.6. The first-order valence-corrected chi connectivity index (χ1v) is 8.98. The Morgan fingerprint density at radius 1 is 1.17 bits per heavy atom. The van der Waals surface area contributed by atoms with Crippen LogP contribution in [0.15, 0.2) is 41.3 Å². The van der Waals surface area contributed by atoms with Crippen LogP contribution >= 0.6 is 11.6 Å². The molecule has 0 unspecified atom stereocenters. The van der Waals surface area contributed by atoms with E-state index in [0.29, 0.717) is 5.02 Å². The number of benzene rings is 2. The number of nitrogens with one attached hydrogen (secondary N) is 2. The molecule has 1 aromatic heterocycles. The number of aromatic amines is 1. The molecular weight excluding hydrogens is 406 g/mol. The van der Waals surface area contributed by atoms with Crippen LogP contribution in [0.4, 0.5) is 8.78 Å². The molecule has 1 heterocycles. The molecule has 29 heavy (non-hydrogen) atoms. The van der Waals surface area contributed by atoms with Gasteiger partial charge in [0.1, 0.15) is 12.2 Å². The second-order valence-corrected chi connectivity index (χ2v) is 6.54. The molecule has 0 saturated heterocycles. The summed E-state index contributed by atoms with van der Waals surface area (Å²) < 4.78 is 38.4. The number of fused-ring (bicyclic) bond motifs is 1. The van der Waals surface area contributed by atoms with Crippen molar-refractivity contribution in [1.82, 2.24) is 10.3 Å². The van der Waals surface area contributed by atoms with Crippen LogP contribution in [0, 0.1) is 11.6 Å². The largest absolute Gasteiger partial charge is 0.488 e. The summed E-state index contributed by atoms with van der Waals surface area (Å²) in [5, 5.41) is 2.97. The Kier molecular flexibility index (Phi) is 6.46. The molecule has 3 rings (SSSR count). The maximum atomic E-state index is 14.3. The Bertz CT molecular complexity index is 1100. The Morgan fingerprint density at radius 2 is 1.90 bits per heavy atom. The number of carbonyl (C=O) groups is 1. The highest BCUT2D eigenvalue weighted by Crippen LogP contribution is 2.26. The lowest BCUT2D eigenvalue weighted by molar-refractivity contribution is 0.0949. The molecule has 0 fully saturated rings. The molecule has 0 saturated carbocycles. The van der Waals surface area contributed by atoms with Gasteiger partial charge in [0.15, 0.2) is 11.6 Å². The van der Waals surface area contributed by atoms with Crippen molar-refractivity contribution in [3.05, 3.63) is 74.5 Å². The van der Waals surface area contributed by atoms with E-state index >= 15 is 0 Å².